The van der Waals surface area contributed by atoms with Gasteiger partial charge in [-0.15, -0.1) is 11.3 Å². The van der Waals surface area contributed by atoms with E-state index < -0.39 is 0 Å². The molecule has 8 heteroatoms. The van der Waals surface area contributed by atoms with Crippen molar-refractivity contribution in [3.63, 3.8) is 0 Å². The second-order valence-corrected chi connectivity index (χ2v) is 8.58. The third kappa shape index (κ3) is 4.34. The first kappa shape index (κ1) is 20.7. The van der Waals surface area contributed by atoms with Gasteiger partial charge in [0.15, 0.2) is 5.52 Å². The van der Waals surface area contributed by atoms with Crippen molar-refractivity contribution < 1.29 is 9.53 Å². The van der Waals surface area contributed by atoms with E-state index in [0.29, 0.717) is 21.6 Å². The van der Waals surface area contributed by atoms with Crippen molar-refractivity contribution in [1.29, 1.82) is 0 Å². The maximum Gasteiger partial charge on any atom is 0.294 e. The van der Waals surface area contributed by atoms with Crippen LogP contribution in [0.5, 0.6) is 5.75 Å². The quantitative estimate of drug-likeness (QED) is 0.511. The molecular formula is C23H22N4O3S. The first-order valence-corrected chi connectivity index (χ1v) is 10.6. The Morgan fingerprint density at radius 1 is 1.10 bits per heavy atom. The zero-order valence-corrected chi connectivity index (χ0v) is 18.5. The van der Waals surface area contributed by atoms with E-state index in [9.17, 15) is 9.59 Å². The molecule has 0 spiro atoms. The Balaban J connectivity index is 1.72. The van der Waals surface area contributed by atoms with Gasteiger partial charge in [-0.2, -0.15) is 5.10 Å². The average Bonchev–Trinajstić information content (AvgIpc) is 3.11. The van der Waals surface area contributed by atoms with Gasteiger partial charge in [-0.3, -0.25) is 9.59 Å². The lowest BCUT2D eigenvalue weighted by atomic mass is 10.1. The number of nitrogens with zero attached hydrogens (tertiary/aromatic N) is 3. The number of methoxy groups -OCH3 is 1. The molecule has 2 aromatic heterocycles. The van der Waals surface area contributed by atoms with Crippen LogP contribution in [0.3, 0.4) is 0 Å². The van der Waals surface area contributed by atoms with Gasteiger partial charge in [0.25, 0.3) is 5.56 Å². The average molecular weight is 435 g/mol. The van der Waals surface area contributed by atoms with Gasteiger partial charge >= 0.3 is 0 Å². The van der Waals surface area contributed by atoms with Crippen molar-refractivity contribution in [2.75, 3.05) is 12.4 Å². The number of hydrogen-bond acceptors (Lipinski definition) is 6. The molecule has 2 aromatic carbocycles. The Morgan fingerprint density at radius 3 is 2.42 bits per heavy atom. The Morgan fingerprint density at radius 2 is 1.77 bits per heavy atom. The van der Waals surface area contributed by atoms with E-state index >= 15 is 0 Å². The zero-order chi connectivity index (χ0) is 22.1. The molecule has 158 valence electrons. The molecular weight excluding hydrogens is 412 g/mol. The highest BCUT2D eigenvalue weighted by Crippen LogP contribution is 2.30. The van der Waals surface area contributed by atoms with Crippen molar-refractivity contribution in [2.24, 2.45) is 0 Å². The second kappa shape index (κ2) is 8.31. The molecule has 1 amide bonds. The SMILES string of the molecule is COc1ccc(-c2nn(CC(=O)Nc3cc(C)cc(C)c3)c(=O)c3nc(C)sc23)cc1. The third-order valence-electron chi connectivity index (χ3n) is 4.77. The van der Waals surface area contributed by atoms with Crippen molar-refractivity contribution in [2.45, 2.75) is 27.3 Å². The van der Waals surface area contributed by atoms with Crippen LogP contribution in [0.4, 0.5) is 5.69 Å². The Kier molecular flexibility index (Phi) is 5.56. The summed E-state index contributed by atoms with van der Waals surface area (Å²) < 4.78 is 7.11. The fourth-order valence-electron chi connectivity index (χ4n) is 3.49. The van der Waals surface area contributed by atoms with Gasteiger partial charge in [0.1, 0.15) is 18.0 Å². The number of thiazole rings is 1. The minimum Gasteiger partial charge on any atom is -0.497 e. The Bertz CT molecular complexity index is 1320. The first-order chi connectivity index (χ1) is 14.8. The fourth-order valence-corrected chi connectivity index (χ4v) is 4.41. The van der Waals surface area contributed by atoms with Crippen LogP contribution in [0.15, 0.2) is 47.3 Å². The number of aryl methyl sites for hydroxylation is 3. The van der Waals surface area contributed by atoms with Crippen molar-refractivity contribution in [1.82, 2.24) is 14.8 Å². The van der Waals surface area contributed by atoms with Crippen LogP contribution in [0, 0.1) is 20.8 Å². The van der Waals surface area contributed by atoms with Crippen molar-refractivity contribution in [3.8, 4) is 17.0 Å². The van der Waals surface area contributed by atoms with E-state index in [1.807, 2.05) is 63.2 Å². The van der Waals surface area contributed by atoms with Gasteiger partial charge in [-0.05, 0) is 68.3 Å². The highest BCUT2D eigenvalue weighted by molar-refractivity contribution is 7.19. The van der Waals surface area contributed by atoms with Gasteiger partial charge < -0.3 is 10.1 Å². The molecule has 0 unspecified atom stereocenters. The van der Waals surface area contributed by atoms with Crippen LogP contribution in [-0.4, -0.2) is 27.8 Å². The largest absolute Gasteiger partial charge is 0.497 e. The molecule has 4 rings (SSSR count). The topological polar surface area (TPSA) is 86.1 Å². The summed E-state index contributed by atoms with van der Waals surface area (Å²) in [6.07, 6.45) is 0. The van der Waals surface area contributed by atoms with E-state index in [1.54, 1.807) is 7.11 Å². The third-order valence-corrected chi connectivity index (χ3v) is 5.75. The number of hydrogen-bond donors (Lipinski definition) is 1. The molecule has 0 aliphatic carbocycles. The molecule has 7 nitrogen and oxygen atoms in total. The van der Waals surface area contributed by atoms with Gasteiger partial charge in [0.05, 0.1) is 16.8 Å². The number of carbonyl (C=O) groups is 1. The van der Waals surface area contributed by atoms with Crippen LogP contribution in [0.25, 0.3) is 21.5 Å². The molecule has 1 N–H and O–H groups in total. The molecule has 0 saturated heterocycles. The molecule has 0 aliphatic heterocycles. The highest BCUT2D eigenvalue weighted by Gasteiger charge is 2.18. The Labute approximate surface area is 183 Å². The molecule has 0 atom stereocenters. The van der Waals surface area contributed by atoms with Crippen LogP contribution in [-0.2, 0) is 11.3 Å². The fraction of sp³-hybridized carbons (Fsp3) is 0.217. The minimum atomic E-state index is -0.382. The van der Waals surface area contributed by atoms with Crippen LogP contribution >= 0.6 is 11.3 Å². The summed E-state index contributed by atoms with van der Waals surface area (Å²) in [6, 6.07) is 13.2. The summed E-state index contributed by atoms with van der Waals surface area (Å²) in [5.74, 6) is 0.396. The number of rotatable bonds is 5. The summed E-state index contributed by atoms with van der Waals surface area (Å²) in [5, 5.41) is 8.15. The molecule has 0 aliphatic rings. The van der Waals surface area contributed by atoms with Gasteiger partial charge in [-0.25, -0.2) is 9.67 Å². The second-order valence-electron chi connectivity index (χ2n) is 7.38. The summed E-state index contributed by atoms with van der Waals surface area (Å²) in [5.41, 5.74) is 4.16. The first-order valence-electron chi connectivity index (χ1n) is 9.75. The maximum atomic E-state index is 13.0. The van der Waals surface area contributed by atoms with Crippen molar-refractivity contribution in [3.05, 3.63) is 69.0 Å². The zero-order valence-electron chi connectivity index (χ0n) is 17.7. The number of benzene rings is 2. The number of carbonyl (C=O) groups excluding carboxylic acids is 1. The summed E-state index contributed by atoms with van der Waals surface area (Å²) in [4.78, 5) is 30.0. The van der Waals surface area contributed by atoms with Crippen LogP contribution in [0.1, 0.15) is 16.1 Å². The summed E-state index contributed by atoms with van der Waals surface area (Å²) in [7, 11) is 1.60. The molecule has 0 saturated carbocycles. The van der Waals surface area contributed by atoms with Crippen LogP contribution < -0.4 is 15.6 Å². The Hall–Kier alpha value is -3.52. The van der Waals surface area contributed by atoms with Crippen LogP contribution in [0.2, 0.25) is 0 Å². The van der Waals surface area contributed by atoms with E-state index in [1.165, 1.54) is 16.0 Å². The van der Waals surface area contributed by atoms with Gasteiger partial charge in [-0.1, -0.05) is 6.07 Å². The molecule has 4 aromatic rings. The molecule has 0 fully saturated rings. The van der Waals surface area contributed by atoms with Crippen molar-refractivity contribution >= 4 is 33.1 Å². The predicted octanol–water partition coefficient (Wildman–Crippen LogP) is 4.09. The predicted molar refractivity (Wildman–Crippen MR) is 123 cm³/mol. The number of fused-ring (bicyclic) bond motifs is 1. The number of ether oxygens (including phenoxy) is 1. The number of nitrogens with one attached hydrogen (secondary N) is 1. The lowest BCUT2D eigenvalue weighted by Gasteiger charge is -2.10. The summed E-state index contributed by atoms with van der Waals surface area (Å²) >= 11 is 1.41. The van der Waals surface area contributed by atoms with E-state index in [-0.39, 0.29) is 18.0 Å². The lowest BCUT2D eigenvalue weighted by Crippen LogP contribution is -2.30. The monoisotopic (exact) mass is 434 g/mol. The lowest BCUT2D eigenvalue weighted by molar-refractivity contribution is -0.117. The van der Waals surface area contributed by atoms with E-state index in [0.717, 1.165) is 27.4 Å². The smallest absolute Gasteiger partial charge is 0.294 e. The van der Waals surface area contributed by atoms with E-state index in [2.05, 4.69) is 15.4 Å². The maximum absolute atomic E-state index is 13.0. The standard InChI is InChI=1S/C23H22N4O3S/c1-13-9-14(2)11-17(10-13)25-19(28)12-27-23(29)21-22(31-15(3)24-21)20(26-27)16-5-7-18(30-4)8-6-16/h5-11H,12H2,1-4H3,(H,25,28). The number of amides is 1. The van der Waals surface area contributed by atoms with E-state index in [4.69, 9.17) is 4.74 Å². The minimum absolute atomic E-state index is 0.207. The molecule has 0 bridgehead atoms. The molecule has 2 heterocycles. The number of anilines is 1. The van der Waals surface area contributed by atoms with Gasteiger partial charge in [0, 0.05) is 11.3 Å². The normalized spacial score (nSPS) is 11.0. The molecule has 0 radical (unpaired) electrons. The summed E-state index contributed by atoms with van der Waals surface area (Å²) in [6.45, 7) is 5.57. The molecule has 31 heavy (non-hydrogen) atoms. The highest BCUT2D eigenvalue weighted by atomic mass is 32.1. The van der Waals surface area contributed by atoms with Gasteiger partial charge in [0.2, 0.25) is 5.91 Å². The number of aromatic nitrogens is 3.